The van der Waals surface area contributed by atoms with Crippen molar-refractivity contribution in [3.63, 3.8) is 0 Å². The van der Waals surface area contributed by atoms with Crippen LogP contribution < -0.4 is 0 Å². The smallest absolute Gasteiger partial charge is 0.0844 e. The fourth-order valence-electron chi connectivity index (χ4n) is 4.19. The van der Waals surface area contributed by atoms with Gasteiger partial charge in [0.15, 0.2) is 0 Å². The Hall–Kier alpha value is -0.0800. The predicted octanol–water partition coefficient (Wildman–Crippen LogP) is 3.29. The summed E-state index contributed by atoms with van der Waals surface area (Å²) >= 11 is 0. The van der Waals surface area contributed by atoms with Crippen LogP contribution in [0.2, 0.25) is 0 Å². The van der Waals surface area contributed by atoms with Crippen molar-refractivity contribution in [3.05, 3.63) is 0 Å². The first-order valence-corrected chi connectivity index (χ1v) is 7.69. The molecule has 0 aromatic heterocycles. The van der Waals surface area contributed by atoms with Crippen LogP contribution in [0.1, 0.15) is 57.8 Å². The van der Waals surface area contributed by atoms with Crippen molar-refractivity contribution in [1.82, 2.24) is 0 Å². The number of rotatable bonds is 4. The highest BCUT2D eigenvalue weighted by Crippen LogP contribution is 2.43. The fourth-order valence-corrected chi connectivity index (χ4v) is 4.19. The number of hydrogen-bond donors (Lipinski definition) is 0. The van der Waals surface area contributed by atoms with E-state index in [-0.39, 0.29) is 0 Å². The minimum absolute atomic E-state index is 0.670. The number of ether oxygens (including phenoxy) is 2. The standard InChI is InChI=1S/C15H24O2/c1(2-10-4-6-12-14(8-10)16-12)3-11-5-7-13-15(9-11)17-13/h10-15H,1-9H2. The predicted molar refractivity (Wildman–Crippen MR) is 65.9 cm³/mol. The van der Waals surface area contributed by atoms with Gasteiger partial charge in [0.25, 0.3) is 0 Å². The van der Waals surface area contributed by atoms with E-state index < -0.39 is 0 Å². The lowest BCUT2D eigenvalue weighted by Crippen LogP contribution is -2.15. The summed E-state index contributed by atoms with van der Waals surface area (Å²) in [6.45, 7) is 0. The van der Waals surface area contributed by atoms with E-state index in [0.29, 0.717) is 24.4 Å². The number of fused-ring (bicyclic) bond motifs is 2. The van der Waals surface area contributed by atoms with Crippen molar-refractivity contribution < 1.29 is 9.47 Å². The highest BCUT2D eigenvalue weighted by atomic mass is 16.6. The molecule has 0 radical (unpaired) electrons. The lowest BCUT2D eigenvalue weighted by molar-refractivity contribution is 0.309. The second-order valence-corrected chi connectivity index (χ2v) is 6.72. The van der Waals surface area contributed by atoms with Crippen LogP contribution in [0.25, 0.3) is 0 Å². The van der Waals surface area contributed by atoms with Crippen LogP contribution >= 0.6 is 0 Å². The van der Waals surface area contributed by atoms with Crippen LogP contribution in [-0.4, -0.2) is 24.4 Å². The molecular formula is C15H24O2. The molecule has 0 bridgehead atoms. The Morgan fingerprint density at radius 1 is 0.647 bits per heavy atom. The van der Waals surface area contributed by atoms with Gasteiger partial charge in [0.1, 0.15) is 0 Å². The van der Waals surface area contributed by atoms with Gasteiger partial charge in [-0.1, -0.05) is 19.3 Å². The molecule has 0 aromatic rings. The van der Waals surface area contributed by atoms with Gasteiger partial charge < -0.3 is 9.47 Å². The van der Waals surface area contributed by atoms with E-state index >= 15 is 0 Å². The van der Waals surface area contributed by atoms with Crippen molar-refractivity contribution in [2.75, 3.05) is 0 Å². The Morgan fingerprint density at radius 2 is 1.18 bits per heavy atom. The van der Waals surface area contributed by atoms with E-state index in [1.165, 1.54) is 57.8 Å². The van der Waals surface area contributed by atoms with Crippen molar-refractivity contribution in [2.45, 2.75) is 82.2 Å². The zero-order valence-electron chi connectivity index (χ0n) is 10.6. The van der Waals surface area contributed by atoms with E-state index in [4.69, 9.17) is 9.47 Å². The van der Waals surface area contributed by atoms with Crippen molar-refractivity contribution in [3.8, 4) is 0 Å². The average molecular weight is 236 g/mol. The van der Waals surface area contributed by atoms with E-state index in [0.717, 1.165) is 11.8 Å². The van der Waals surface area contributed by atoms with Gasteiger partial charge in [0.2, 0.25) is 0 Å². The number of epoxide rings is 2. The molecule has 2 saturated carbocycles. The summed E-state index contributed by atoms with van der Waals surface area (Å²) in [5.41, 5.74) is 0. The summed E-state index contributed by atoms with van der Waals surface area (Å²) in [6.07, 6.45) is 15.3. The van der Waals surface area contributed by atoms with Crippen molar-refractivity contribution in [1.29, 1.82) is 0 Å². The number of hydrogen-bond acceptors (Lipinski definition) is 2. The second kappa shape index (κ2) is 4.24. The van der Waals surface area contributed by atoms with E-state index in [1.54, 1.807) is 0 Å². The second-order valence-electron chi connectivity index (χ2n) is 6.72. The largest absolute Gasteiger partial charge is 0.370 e. The molecule has 4 fully saturated rings. The minimum atomic E-state index is 0.670. The third-order valence-electron chi connectivity index (χ3n) is 5.45. The molecule has 2 heteroatoms. The molecule has 6 unspecified atom stereocenters. The van der Waals surface area contributed by atoms with Gasteiger partial charge in [0.05, 0.1) is 24.4 Å². The third kappa shape index (κ3) is 2.39. The molecule has 2 saturated heterocycles. The summed E-state index contributed by atoms with van der Waals surface area (Å²) in [7, 11) is 0. The van der Waals surface area contributed by atoms with Gasteiger partial charge >= 0.3 is 0 Å². The molecule has 0 amide bonds. The summed E-state index contributed by atoms with van der Waals surface area (Å²) in [4.78, 5) is 0. The molecule has 4 rings (SSSR count). The molecule has 0 N–H and O–H groups in total. The highest BCUT2D eigenvalue weighted by Gasteiger charge is 2.44. The Labute approximate surface area is 104 Å². The summed E-state index contributed by atoms with van der Waals surface area (Å²) in [5.74, 6) is 1.96. The molecule has 96 valence electrons. The molecular weight excluding hydrogens is 212 g/mol. The first-order chi connectivity index (χ1) is 8.38. The molecule has 2 heterocycles. The maximum atomic E-state index is 5.61. The first-order valence-electron chi connectivity index (χ1n) is 7.69. The maximum absolute atomic E-state index is 5.61. The molecule has 0 aromatic carbocycles. The maximum Gasteiger partial charge on any atom is 0.0844 e. The summed E-state index contributed by atoms with van der Waals surface area (Å²) < 4.78 is 11.2. The molecule has 17 heavy (non-hydrogen) atoms. The Kier molecular flexibility index (Phi) is 2.69. The van der Waals surface area contributed by atoms with Gasteiger partial charge in [-0.25, -0.2) is 0 Å². The van der Waals surface area contributed by atoms with Crippen LogP contribution in [-0.2, 0) is 9.47 Å². The zero-order chi connectivity index (χ0) is 11.2. The van der Waals surface area contributed by atoms with Gasteiger partial charge in [-0.2, -0.15) is 0 Å². The van der Waals surface area contributed by atoms with Gasteiger partial charge in [0, 0.05) is 0 Å². The van der Waals surface area contributed by atoms with Crippen LogP contribution in [0.15, 0.2) is 0 Å². The van der Waals surface area contributed by atoms with Crippen molar-refractivity contribution >= 4 is 0 Å². The van der Waals surface area contributed by atoms with Crippen LogP contribution in [0.5, 0.6) is 0 Å². The lowest BCUT2D eigenvalue weighted by Gasteiger charge is -2.22. The van der Waals surface area contributed by atoms with Gasteiger partial charge in [-0.15, -0.1) is 0 Å². The fraction of sp³-hybridized carbons (Fsp3) is 1.00. The minimum Gasteiger partial charge on any atom is -0.370 e. The Balaban J connectivity index is 1.15. The van der Waals surface area contributed by atoms with Crippen LogP contribution in [0, 0.1) is 11.8 Å². The normalized spacial score (nSPS) is 51.5. The molecule has 2 aliphatic carbocycles. The molecule has 0 spiro atoms. The summed E-state index contributed by atoms with van der Waals surface area (Å²) in [6, 6.07) is 0. The Bertz CT molecular complexity index is 263. The van der Waals surface area contributed by atoms with E-state index in [1.807, 2.05) is 0 Å². The van der Waals surface area contributed by atoms with Gasteiger partial charge in [-0.3, -0.25) is 0 Å². The molecule has 2 nitrogen and oxygen atoms in total. The molecule has 4 aliphatic rings. The van der Waals surface area contributed by atoms with Gasteiger partial charge in [-0.05, 0) is 50.4 Å². The SMILES string of the molecule is C(CC1CCC2OC2C1)CC1CCC2OC2C1. The van der Waals surface area contributed by atoms with Crippen LogP contribution in [0.3, 0.4) is 0 Å². The highest BCUT2D eigenvalue weighted by molar-refractivity contribution is 4.93. The molecule has 2 aliphatic heterocycles. The lowest BCUT2D eigenvalue weighted by atomic mass is 9.82. The van der Waals surface area contributed by atoms with Crippen LogP contribution in [0.4, 0.5) is 0 Å². The Morgan fingerprint density at radius 3 is 1.65 bits per heavy atom. The first kappa shape index (κ1) is 10.8. The van der Waals surface area contributed by atoms with E-state index in [9.17, 15) is 0 Å². The molecule has 6 atom stereocenters. The van der Waals surface area contributed by atoms with Crippen molar-refractivity contribution in [2.24, 2.45) is 11.8 Å². The quantitative estimate of drug-likeness (QED) is 0.700. The average Bonchev–Trinajstić information content (AvgIpc) is 3.22. The van der Waals surface area contributed by atoms with E-state index in [2.05, 4.69) is 0 Å². The monoisotopic (exact) mass is 236 g/mol. The zero-order valence-corrected chi connectivity index (χ0v) is 10.6. The third-order valence-corrected chi connectivity index (χ3v) is 5.45. The topological polar surface area (TPSA) is 25.1 Å². The summed E-state index contributed by atoms with van der Waals surface area (Å²) in [5, 5.41) is 0.